The highest BCUT2D eigenvalue weighted by Crippen LogP contribution is 2.20. The zero-order chi connectivity index (χ0) is 19.2. The SMILES string of the molecule is O=c1[nH]c2cc(Cl)ccc2c(=O)n1S(=O)(=O)c1ccc(-c2cc[nH]n2)cc1. The second-order valence-corrected chi connectivity index (χ2v) is 7.90. The monoisotopic (exact) mass is 402 g/mol. The largest absolute Gasteiger partial charge is 0.343 e. The van der Waals surface area contributed by atoms with Crippen LogP contribution in [0.5, 0.6) is 0 Å². The number of hydrogen-bond donors (Lipinski definition) is 2. The highest BCUT2D eigenvalue weighted by atomic mass is 35.5. The molecule has 0 saturated carbocycles. The Morgan fingerprint density at radius 2 is 1.74 bits per heavy atom. The summed E-state index contributed by atoms with van der Waals surface area (Å²) in [5.41, 5.74) is -0.521. The Kier molecular flexibility index (Phi) is 3.97. The van der Waals surface area contributed by atoms with Gasteiger partial charge in [0.25, 0.3) is 15.6 Å². The van der Waals surface area contributed by atoms with E-state index in [1.807, 2.05) is 0 Å². The summed E-state index contributed by atoms with van der Waals surface area (Å²) < 4.78 is 26.0. The molecule has 0 aliphatic heterocycles. The van der Waals surface area contributed by atoms with E-state index >= 15 is 0 Å². The molecule has 2 aromatic carbocycles. The van der Waals surface area contributed by atoms with Crippen LogP contribution in [0, 0.1) is 0 Å². The second kappa shape index (κ2) is 6.22. The Hall–Kier alpha value is -3.17. The molecule has 0 atom stereocenters. The van der Waals surface area contributed by atoms with Gasteiger partial charge in [0.15, 0.2) is 0 Å². The van der Waals surface area contributed by atoms with E-state index in [0.717, 1.165) is 0 Å². The summed E-state index contributed by atoms with van der Waals surface area (Å²) in [6.45, 7) is 0. The first-order valence-corrected chi connectivity index (χ1v) is 9.50. The lowest BCUT2D eigenvalue weighted by atomic mass is 10.2. The van der Waals surface area contributed by atoms with Crippen LogP contribution in [0.25, 0.3) is 22.2 Å². The quantitative estimate of drug-likeness (QED) is 0.543. The molecule has 2 heterocycles. The van der Waals surface area contributed by atoms with Crippen molar-refractivity contribution in [1.29, 1.82) is 0 Å². The predicted molar refractivity (Wildman–Crippen MR) is 100 cm³/mol. The fourth-order valence-electron chi connectivity index (χ4n) is 2.72. The molecule has 4 rings (SSSR count). The first-order chi connectivity index (χ1) is 12.9. The van der Waals surface area contributed by atoms with E-state index in [1.165, 1.54) is 30.3 Å². The second-order valence-electron chi connectivity index (χ2n) is 5.68. The summed E-state index contributed by atoms with van der Waals surface area (Å²) in [7, 11) is -4.39. The number of H-pyrrole nitrogens is 2. The summed E-state index contributed by atoms with van der Waals surface area (Å²) in [4.78, 5) is 27.1. The zero-order valence-electron chi connectivity index (χ0n) is 13.5. The number of halogens is 1. The first kappa shape index (κ1) is 17.3. The van der Waals surface area contributed by atoms with Crippen molar-refractivity contribution in [2.45, 2.75) is 4.90 Å². The minimum absolute atomic E-state index is 0.0377. The van der Waals surface area contributed by atoms with Gasteiger partial charge in [-0.05, 0) is 36.4 Å². The molecule has 0 radical (unpaired) electrons. The van der Waals surface area contributed by atoms with Crippen molar-refractivity contribution in [3.63, 3.8) is 0 Å². The fraction of sp³-hybridized carbons (Fsp3) is 0. The van der Waals surface area contributed by atoms with Crippen molar-refractivity contribution < 1.29 is 8.42 Å². The predicted octanol–water partition coefficient (Wildman–Crippen LogP) is 1.97. The number of nitrogens with one attached hydrogen (secondary N) is 2. The number of nitrogens with zero attached hydrogens (tertiary/aromatic N) is 2. The van der Waals surface area contributed by atoms with Crippen LogP contribution in [0.4, 0.5) is 0 Å². The molecule has 0 amide bonds. The van der Waals surface area contributed by atoms with Crippen LogP contribution >= 0.6 is 11.6 Å². The minimum Gasteiger partial charge on any atom is -0.306 e. The van der Waals surface area contributed by atoms with Gasteiger partial charge in [0.2, 0.25) is 0 Å². The van der Waals surface area contributed by atoms with Gasteiger partial charge in [-0.1, -0.05) is 23.7 Å². The van der Waals surface area contributed by atoms with Crippen molar-refractivity contribution in [1.82, 2.24) is 19.2 Å². The van der Waals surface area contributed by atoms with Crippen molar-refractivity contribution in [3.8, 4) is 11.3 Å². The third-order valence-electron chi connectivity index (χ3n) is 4.01. The van der Waals surface area contributed by atoms with Crippen LogP contribution in [-0.4, -0.2) is 27.6 Å². The smallest absolute Gasteiger partial charge is 0.306 e. The summed E-state index contributed by atoms with van der Waals surface area (Å²) in [5.74, 6) is 0. The summed E-state index contributed by atoms with van der Waals surface area (Å²) in [6.07, 6.45) is 1.64. The van der Waals surface area contributed by atoms with Crippen LogP contribution in [0.1, 0.15) is 0 Å². The van der Waals surface area contributed by atoms with Gasteiger partial charge < -0.3 is 4.98 Å². The average molecular weight is 403 g/mol. The van der Waals surface area contributed by atoms with Crippen molar-refractivity contribution in [2.75, 3.05) is 0 Å². The lowest BCUT2D eigenvalue weighted by molar-refractivity contribution is 0.582. The lowest BCUT2D eigenvalue weighted by Gasteiger charge is -2.08. The number of aromatic amines is 2. The Morgan fingerprint density at radius 1 is 1.00 bits per heavy atom. The standard InChI is InChI=1S/C17H11ClN4O4S/c18-11-3-6-13-15(9-11)20-17(24)22(16(13)23)27(25,26)12-4-1-10(2-5-12)14-7-8-19-21-14/h1-9H,(H,19,21)(H,20,24). The average Bonchev–Trinajstić information content (AvgIpc) is 3.16. The normalized spacial score (nSPS) is 11.7. The fourth-order valence-corrected chi connectivity index (χ4v) is 4.16. The molecule has 2 N–H and O–H groups in total. The molecule has 0 spiro atoms. The van der Waals surface area contributed by atoms with E-state index in [4.69, 9.17) is 11.6 Å². The van der Waals surface area contributed by atoms with Crippen LogP contribution in [-0.2, 0) is 10.0 Å². The maximum atomic E-state index is 12.9. The highest BCUT2D eigenvalue weighted by molar-refractivity contribution is 7.90. The Labute approximate surface area is 157 Å². The van der Waals surface area contributed by atoms with Gasteiger partial charge >= 0.3 is 5.69 Å². The van der Waals surface area contributed by atoms with Crippen LogP contribution < -0.4 is 11.2 Å². The number of rotatable bonds is 3. The van der Waals surface area contributed by atoms with Gasteiger partial charge in [-0.2, -0.15) is 5.10 Å². The molecular weight excluding hydrogens is 392 g/mol. The molecule has 0 saturated heterocycles. The van der Waals surface area contributed by atoms with Gasteiger partial charge in [0, 0.05) is 16.8 Å². The maximum Gasteiger partial charge on any atom is 0.343 e. The highest BCUT2D eigenvalue weighted by Gasteiger charge is 2.23. The topological polar surface area (TPSA) is 118 Å². The Bertz CT molecular complexity index is 1370. The molecule has 4 aromatic rings. The van der Waals surface area contributed by atoms with Crippen molar-refractivity contribution >= 4 is 32.5 Å². The van der Waals surface area contributed by atoms with E-state index in [-0.39, 0.29) is 19.8 Å². The molecule has 0 unspecified atom stereocenters. The third-order valence-corrected chi connectivity index (χ3v) is 5.93. The molecule has 27 heavy (non-hydrogen) atoms. The number of aromatic nitrogens is 4. The van der Waals surface area contributed by atoms with Crippen LogP contribution in [0.15, 0.2) is 69.2 Å². The third kappa shape index (κ3) is 2.86. The number of benzene rings is 2. The number of hydrogen-bond acceptors (Lipinski definition) is 5. The Morgan fingerprint density at radius 3 is 2.41 bits per heavy atom. The summed E-state index contributed by atoms with van der Waals surface area (Å²) in [5, 5.41) is 7.03. The van der Waals surface area contributed by atoms with Crippen LogP contribution in [0.3, 0.4) is 0 Å². The molecule has 136 valence electrons. The van der Waals surface area contributed by atoms with Gasteiger partial charge in [0.05, 0.1) is 21.5 Å². The molecule has 0 aliphatic rings. The molecule has 0 aliphatic carbocycles. The van der Waals surface area contributed by atoms with Crippen molar-refractivity contribution in [2.24, 2.45) is 0 Å². The molecule has 0 fully saturated rings. The van der Waals surface area contributed by atoms with E-state index in [2.05, 4.69) is 15.2 Å². The van der Waals surface area contributed by atoms with Gasteiger partial charge in [-0.15, -0.1) is 3.97 Å². The van der Waals surface area contributed by atoms with Crippen molar-refractivity contribution in [3.05, 3.63) is 80.6 Å². The molecule has 8 nitrogen and oxygen atoms in total. The Balaban J connectivity index is 1.88. The first-order valence-electron chi connectivity index (χ1n) is 7.68. The van der Waals surface area contributed by atoms with E-state index in [9.17, 15) is 18.0 Å². The van der Waals surface area contributed by atoms with E-state index in [1.54, 1.807) is 24.4 Å². The van der Waals surface area contributed by atoms with Crippen LogP contribution in [0.2, 0.25) is 5.02 Å². The van der Waals surface area contributed by atoms with E-state index in [0.29, 0.717) is 16.3 Å². The van der Waals surface area contributed by atoms with Gasteiger partial charge in [-0.25, -0.2) is 13.2 Å². The molecule has 2 aromatic heterocycles. The summed E-state index contributed by atoms with van der Waals surface area (Å²) in [6, 6.07) is 11.6. The maximum absolute atomic E-state index is 12.9. The van der Waals surface area contributed by atoms with Gasteiger partial charge in [-0.3, -0.25) is 9.89 Å². The number of fused-ring (bicyclic) bond motifs is 1. The molecular formula is C17H11ClN4O4S. The summed E-state index contributed by atoms with van der Waals surface area (Å²) >= 11 is 5.85. The lowest BCUT2D eigenvalue weighted by Crippen LogP contribution is -2.39. The molecule has 0 bridgehead atoms. The van der Waals surface area contributed by atoms with E-state index < -0.39 is 21.3 Å². The molecule has 10 heteroatoms. The zero-order valence-corrected chi connectivity index (χ0v) is 15.1. The van der Waals surface area contributed by atoms with Gasteiger partial charge in [0.1, 0.15) is 0 Å². The minimum atomic E-state index is -4.39.